The fourth-order valence-corrected chi connectivity index (χ4v) is 4.75. The SMILES string of the molecule is CC1=C=C(C(C)(C)C)C=Cc2c1c(-c1ccccc1)c1ccccc1c2-c1ccccc1. The van der Waals surface area contributed by atoms with Crippen molar-refractivity contribution in [3.63, 3.8) is 0 Å². The zero-order chi connectivity index (χ0) is 22.3. The Labute approximate surface area is 191 Å². The second kappa shape index (κ2) is 7.83. The van der Waals surface area contributed by atoms with Crippen LogP contribution in [0.4, 0.5) is 0 Å². The molecule has 1 aliphatic carbocycles. The van der Waals surface area contributed by atoms with E-state index in [1.807, 2.05) is 0 Å². The smallest absolute Gasteiger partial charge is 0.00140 e. The molecule has 0 heteroatoms. The molecule has 0 N–H and O–H groups in total. The number of rotatable bonds is 2. The summed E-state index contributed by atoms with van der Waals surface area (Å²) < 4.78 is 0. The largest absolute Gasteiger partial charge is 0.113 e. The van der Waals surface area contributed by atoms with E-state index in [2.05, 4.69) is 131 Å². The first-order chi connectivity index (χ1) is 15.4. The maximum atomic E-state index is 3.78. The van der Waals surface area contributed by atoms with Crippen molar-refractivity contribution < 1.29 is 0 Å². The molecule has 0 bridgehead atoms. The van der Waals surface area contributed by atoms with Gasteiger partial charge >= 0.3 is 0 Å². The van der Waals surface area contributed by atoms with E-state index < -0.39 is 0 Å². The molecule has 0 heterocycles. The van der Waals surface area contributed by atoms with Gasteiger partial charge in [-0.25, -0.2) is 0 Å². The number of benzene rings is 4. The summed E-state index contributed by atoms with van der Waals surface area (Å²) in [6.45, 7) is 8.99. The predicted octanol–water partition coefficient (Wildman–Crippen LogP) is 9.18. The van der Waals surface area contributed by atoms with E-state index in [-0.39, 0.29) is 5.41 Å². The lowest BCUT2D eigenvalue weighted by Gasteiger charge is -2.21. The second-order valence-electron chi connectivity index (χ2n) is 9.56. The summed E-state index contributed by atoms with van der Waals surface area (Å²) in [6.07, 6.45) is 4.59. The van der Waals surface area contributed by atoms with Gasteiger partial charge in [-0.3, -0.25) is 0 Å². The van der Waals surface area contributed by atoms with Gasteiger partial charge in [-0.2, -0.15) is 0 Å². The quantitative estimate of drug-likeness (QED) is 0.288. The summed E-state index contributed by atoms with van der Waals surface area (Å²) in [6, 6.07) is 30.4. The van der Waals surface area contributed by atoms with Crippen LogP contribution >= 0.6 is 0 Å². The van der Waals surface area contributed by atoms with Crippen LogP contribution in [0.3, 0.4) is 0 Å². The van der Waals surface area contributed by atoms with Gasteiger partial charge in [0, 0.05) is 5.56 Å². The summed E-state index contributed by atoms with van der Waals surface area (Å²) in [5.74, 6) is 0. The van der Waals surface area contributed by atoms with Gasteiger partial charge < -0.3 is 0 Å². The maximum Gasteiger partial charge on any atom is 0.00140 e. The van der Waals surface area contributed by atoms with Gasteiger partial charge in [0.05, 0.1) is 0 Å². The van der Waals surface area contributed by atoms with Crippen LogP contribution in [0.2, 0.25) is 0 Å². The van der Waals surface area contributed by atoms with Gasteiger partial charge in [-0.05, 0) is 62.1 Å². The van der Waals surface area contributed by atoms with Crippen molar-refractivity contribution >= 4 is 22.4 Å². The predicted molar refractivity (Wildman–Crippen MR) is 139 cm³/mol. The monoisotopic (exact) mass is 412 g/mol. The van der Waals surface area contributed by atoms with E-state index in [1.165, 1.54) is 55.3 Å². The molecule has 0 spiro atoms. The Kier molecular flexibility index (Phi) is 4.97. The van der Waals surface area contributed by atoms with Gasteiger partial charge in [0.1, 0.15) is 0 Å². The Morgan fingerprint density at radius 3 is 1.62 bits per heavy atom. The molecule has 0 fully saturated rings. The molecule has 0 amide bonds. The van der Waals surface area contributed by atoms with Gasteiger partial charge in [-0.15, -0.1) is 5.73 Å². The van der Waals surface area contributed by atoms with Crippen LogP contribution in [0, 0.1) is 5.41 Å². The first kappa shape index (κ1) is 20.3. The Morgan fingerprint density at radius 1 is 0.562 bits per heavy atom. The molecule has 4 aromatic carbocycles. The number of hydrogen-bond acceptors (Lipinski definition) is 0. The molecular formula is C32H28. The third-order valence-electron chi connectivity index (χ3n) is 6.30. The third kappa shape index (κ3) is 3.44. The van der Waals surface area contributed by atoms with Gasteiger partial charge in [0.15, 0.2) is 0 Å². The molecule has 32 heavy (non-hydrogen) atoms. The van der Waals surface area contributed by atoms with Crippen LogP contribution in [0.15, 0.2) is 102 Å². The molecule has 0 saturated carbocycles. The molecule has 0 nitrogen and oxygen atoms in total. The van der Waals surface area contributed by atoms with Crippen LogP contribution in [-0.4, -0.2) is 0 Å². The lowest BCUT2D eigenvalue weighted by atomic mass is 9.81. The van der Waals surface area contributed by atoms with Crippen LogP contribution in [-0.2, 0) is 0 Å². The van der Waals surface area contributed by atoms with Crippen molar-refractivity contribution in [1.82, 2.24) is 0 Å². The minimum atomic E-state index is 0.0268. The van der Waals surface area contributed by atoms with Crippen molar-refractivity contribution in [2.45, 2.75) is 27.7 Å². The fourth-order valence-electron chi connectivity index (χ4n) is 4.75. The highest BCUT2D eigenvalue weighted by atomic mass is 14.3. The molecule has 0 unspecified atom stereocenters. The first-order valence-electron chi connectivity index (χ1n) is 11.3. The van der Waals surface area contributed by atoms with Crippen molar-refractivity contribution in [3.05, 3.63) is 113 Å². The van der Waals surface area contributed by atoms with E-state index in [0.717, 1.165) is 0 Å². The lowest BCUT2D eigenvalue weighted by molar-refractivity contribution is 0.519. The van der Waals surface area contributed by atoms with Gasteiger partial charge in [0.25, 0.3) is 0 Å². The minimum absolute atomic E-state index is 0.0268. The van der Waals surface area contributed by atoms with E-state index in [0.29, 0.717) is 0 Å². The molecule has 156 valence electrons. The molecule has 0 aromatic heterocycles. The Hall–Kier alpha value is -3.60. The molecule has 1 aliphatic rings. The van der Waals surface area contributed by atoms with Gasteiger partial charge in [0.2, 0.25) is 0 Å². The van der Waals surface area contributed by atoms with Crippen LogP contribution in [0.1, 0.15) is 38.8 Å². The molecule has 4 aromatic rings. The summed E-state index contributed by atoms with van der Waals surface area (Å²) in [5, 5.41) is 2.57. The van der Waals surface area contributed by atoms with Crippen LogP contribution in [0.5, 0.6) is 0 Å². The highest BCUT2D eigenvalue weighted by Crippen LogP contribution is 2.46. The second-order valence-corrected chi connectivity index (χ2v) is 9.56. The maximum absolute atomic E-state index is 3.78. The summed E-state index contributed by atoms with van der Waals surface area (Å²) in [4.78, 5) is 0. The number of allylic oxidation sites excluding steroid dienone is 2. The zero-order valence-electron chi connectivity index (χ0n) is 19.2. The zero-order valence-corrected chi connectivity index (χ0v) is 19.2. The molecule has 0 saturated heterocycles. The Bertz CT molecular complexity index is 1400. The number of fused-ring (bicyclic) bond motifs is 2. The summed E-state index contributed by atoms with van der Waals surface area (Å²) in [7, 11) is 0. The molecule has 0 atom stereocenters. The topological polar surface area (TPSA) is 0 Å². The van der Waals surface area contributed by atoms with Crippen LogP contribution < -0.4 is 0 Å². The molecule has 0 radical (unpaired) electrons. The summed E-state index contributed by atoms with van der Waals surface area (Å²) >= 11 is 0. The van der Waals surface area contributed by atoms with Crippen molar-refractivity contribution in [1.29, 1.82) is 0 Å². The summed E-state index contributed by atoms with van der Waals surface area (Å²) in [5.41, 5.74) is 13.9. The lowest BCUT2D eigenvalue weighted by Crippen LogP contribution is -2.06. The van der Waals surface area contributed by atoms with E-state index in [1.54, 1.807) is 0 Å². The van der Waals surface area contributed by atoms with E-state index in [9.17, 15) is 0 Å². The van der Waals surface area contributed by atoms with Crippen molar-refractivity contribution in [2.75, 3.05) is 0 Å². The third-order valence-corrected chi connectivity index (χ3v) is 6.30. The number of hydrogen-bond donors (Lipinski definition) is 0. The minimum Gasteiger partial charge on any atom is -0.113 e. The molecular weight excluding hydrogens is 384 g/mol. The van der Waals surface area contributed by atoms with Gasteiger partial charge in [-0.1, -0.05) is 118 Å². The highest BCUT2D eigenvalue weighted by Gasteiger charge is 2.24. The average Bonchev–Trinajstić information content (AvgIpc) is 2.98. The van der Waals surface area contributed by atoms with E-state index >= 15 is 0 Å². The average molecular weight is 413 g/mol. The molecule has 5 rings (SSSR count). The van der Waals surface area contributed by atoms with Crippen molar-refractivity contribution in [3.8, 4) is 22.3 Å². The Balaban J connectivity index is 2.01. The normalized spacial score (nSPS) is 13.4. The van der Waals surface area contributed by atoms with E-state index in [4.69, 9.17) is 0 Å². The van der Waals surface area contributed by atoms with Crippen LogP contribution in [0.25, 0.3) is 44.7 Å². The highest BCUT2D eigenvalue weighted by molar-refractivity contribution is 6.13. The fraction of sp³-hybridized carbons (Fsp3) is 0.156. The Morgan fingerprint density at radius 2 is 1.06 bits per heavy atom. The first-order valence-corrected chi connectivity index (χ1v) is 11.3. The standard InChI is InChI=1S/C32H28/c1-22-21-25(32(2,3)4)19-20-28-29(22)31(24-15-9-6-10-16-24)27-18-12-11-17-26(27)30(28)23-13-7-5-8-14-23/h5-20H,1-4H3. The molecule has 0 aliphatic heterocycles. The van der Waals surface area contributed by atoms with Crippen molar-refractivity contribution in [2.24, 2.45) is 5.41 Å².